The van der Waals surface area contributed by atoms with Gasteiger partial charge in [-0.25, -0.2) is 12.8 Å². The molecule has 1 saturated heterocycles. The number of carbonyl (C=O) groups is 1. The Kier molecular flexibility index (Phi) is 6.21. The van der Waals surface area contributed by atoms with Gasteiger partial charge in [0.15, 0.2) is 17.2 Å². The van der Waals surface area contributed by atoms with Gasteiger partial charge in [-0.1, -0.05) is 6.07 Å². The van der Waals surface area contributed by atoms with Gasteiger partial charge >= 0.3 is 6.18 Å². The second-order valence-electron chi connectivity index (χ2n) is 7.81. The second kappa shape index (κ2) is 8.24. The van der Waals surface area contributed by atoms with Gasteiger partial charge < -0.3 is 14.8 Å². The van der Waals surface area contributed by atoms with E-state index in [4.69, 9.17) is 9.47 Å². The molecule has 14 heteroatoms. The summed E-state index contributed by atoms with van der Waals surface area (Å²) in [6.45, 7) is 2.12. The summed E-state index contributed by atoms with van der Waals surface area (Å²) in [5, 5.41) is 6.05. The molecule has 0 bridgehead atoms. The van der Waals surface area contributed by atoms with Gasteiger partial charge in [-0.05, 0) is 26.3 Å². The van der Waals surface area contributed by atoms with Crippen molar-refractivity contribution in [2.45, 2.75) is 44.1 Å². The molecule has 0 aliphatic carbocycles. The summed E-state index contributed by atoms with van der Waals surface area (Å²) in [6.07, 6.45) is -5.61. The van der Waals surface area contributed by atoms with E-state index in [0.717, 1.165) is 32.6 Å². The van der Waals surface area contributed by atoms with Gasteiger partial charge in [-0.3, -0.25) is 4.79 Å². The van der Waals surface area contributed by atoms with Crippen LogP contribution in [-0.2, 0) is 19.6 Å². The van der Waals surface area contributed by atoms with Crippen LogP contribution in [0, 0.1) is 18.6 Å². The number of rotatable bonds is 5. The van der Waals surface area contributed by atoms with Crippen molar-refractivity contribution in [3.63, 3.8) is 0 Å². The number of carbonyl (C=O) groups excluding carboxylic acids is 1. The summed E-state index contributed by atoms with van der Waals surface area (Å²) in [6, 6.07) is 1.74. The number of benzene rings is 1. The maximum Gasteiger partial charge on any atom is 0.417 e. The van der Waals surface area contributed by atoms with Crippen LogP contribution in [-0.4, -0.2) is 54.8 Å². The van der Waals surface area contributed by atoms with Crippen LogP contribution in [0.2, 0.25) is 0 Å². The van der Waals surface area contributed by atoms with Gasteiger partial charge in [0.05, 0.1) is 30.9 Å². The monoisotopic (exact) mass is 497 g/mol. The van der Waals surface area contributed by atoms with Crippen molar-refractivity contribution in [1.82, 2.24) is 9.19 Å². The number of nitrogens with one attached hydrogen (secondary N) is 1. The number of halogens is 5. The first-order valence-electron chi connectivity index (χ1n) is 9.43. The lowest BCUT2D eigenvalue weighted by atomic mass is 9.85. The Morgan fingerprint density at radius 1 is 1.33 bits per heavy atom. The minimum Gasteiger partial charge on any atom is -0.493 e. The summed E-state index contributed by atoms with van der Waals surface area (Å²) in [7, 11) is -2.78. The highest BCUT2D eigenvalue weighted by Crippen LogP contribution is 2.51. The molecule has 1 aliphatic rings. The maximum absolute atomic E-state index is 14.3. The first-order chi connectivity index (χ1) is 15.1. The van der Waals surface area contributed by atoms with E-state index in [2.05, 4.69) is 10.4 Å². The van der Waals surface area contributed by atoms with Crippen LogP contribution in [0.5, 0.6) is 5.75 Å². The van der Waals surface area contributed by atoms with Gasteiger partial charge in [-0.2, -0.15) is 26.7 Å². The zero-order chi connectivity index (χ0) is 24.9. The minimum absolute atomic E-state index is 0.0762. The molecule has 33 heavy (non-hydrogen) atoms. The fourth-order valence-corrected chi connectivity index (χ4v) is 4.17. The molecule has 0 radical (unpaired) electrons. The number of amides is 1. The molecule has 2 heterocycles. The Labute approximate surface area is 185 Å². The standard InChI is InChI=1S/C19H20F5N3O5S/c1-9-13(8-27(26-9)33(4,29)30)25-17(28)16-11(7-18(2,32-16)19(22,23)24)10-5-6-12(20)14(21)15(10)31-3/h5-6,8,11,16H,7H2,1-4H3,(H,25,28). The molecule has 1 aromatic carbocycles. The first-order valence-corrected chi connectivity index (χ1v) is 11.3. The predicted octanol–water partition coefficient (Wildman–Crippen LogP) is 3.12. The Morgan fingerprint density at radius 2 is 1.97 bits per heavy atom. The highest BCUT2D eigenvalue weighted by Gasteiger charge is 2.61. The summed E-state index contributed by atoms with van der Waals surface area (Å²) >= 11 is 0. The molecule has 0 spiro atoms. The third-order valence-electron chi connectivity index (χ3n) is 5.38. The molecule has 0 saturated carbocycles. The number of hydrogen-bond donors (Lipinski definition) is 1. The molecule has 182 valence electrons. The fourth-order valence-electron chi connectivity index (χ4n) is 3.61. The number of methoxy groups -OCH3 is 1. The smallest absolute Gasteiger partial charge is 0.417 e. The van der Waals surface area contributed by atoms with E-state index in [1.807, 2.05) is 0 Å². The minimum atomic E-state index is -4.89. The van der Waals surface area contributed by atoms with Gasteiger partial charge in [0.2, 0.25) is 5.82 Å². The van der Waals surface area contributed by atoms with Crippen molar-refractivity contribution in [2.24, 2.45) is 0 Å². The molecule has 1 fully saturated rings. The van der Waals surface area contributed by atoms with Gasteiger partial charge in [0, 0.05) is 11.5 Å². The van der Waals surface area contributed by atoms with Crippen LogP contribution >= 0.6 is 0 Å². The average Bonchev–Trinajstić information content (AvgIpc) is 3.24. The zero-order valence-corrected chi connectivity index (χ0v) is 18.6. The third-order valence-corrected chi connectivity index (χ3v) is 6.25. The van der Waals surface area contributed by atoms with E-state index >= 15 is 0 Å². The highest BCUT2D eigenvalue weighted by atomic mass is 32.2. The van der Waals surface area contributed by atoms with E-state index in [9.17, 15) is 35.2 Å². The third kappa shape index (κ3) is 4.53. The maximum atomic E-state index is 14.3. The van der Waals surface area contributed by atoms with Gasteiger partial charge in [-0.15, -0.1) is 0 Å². The SMILES string of the molecule is COc1c(C2CC(C)(C(F)(F)F)OC2C(=O)Nc2cn(S(C)(=O)=O)nc2C)ccc(F)c1F. The van der Waals surface area contributed by atoms with Gasteiger partial charge in [0.25, 0.3) is 15.9 Å². The van der Waals surface area contributed by atoms with E-state index in [1.165, 1.54) is 6.92 Å². The highest BCUT2D eigenvalue weighted by molar-refractivity contribution is 7.89. The molecule has 1 aliphatic heterocycles. The number of alkyl halides is 3. The van der Waals surface area contributed by atoms with Crippen LogP contribution in [0.3, 0.4) is 0 Å². The van der Waals surface area contributed by atoms with Crippen molar-refractivity contribution in [2.75, 3.05) is 18.7 Å². The van der Waals surface area contributed by atoms with Crippen molar-refractivity contribution in [3.8, 4) is 5.75 Å². The lowest BCUT2D eigenvalue weighted by Crippen LogP contribution is -2.43. The molecule has 3 atom stereocenters. The molecule has 2 aromatic rings. The van der Waals surface area contributed by atoms with E-state index in [0.29, 0.717) is 10.2 Å². The van der Waals surface area contributed by atoms with E-state index in [-0.39, 0.29) is 16.9 Å². The summed E-state index contributed by atoms with van der Waals surface area (Å²) in [5.74, 6) is -5.77. The van der Waals surface area contributed by atoms with Crippen LogP contribution in [0.1, 0.15) is 30.5 Å². The van der Waals surface area contributed by atoms with Crippen molar-refractivity contribution in [1.29, 1.82) is 0 Å². The first kappa shape index (κ1) is 24.9. The fraction of sp³-hybridized carbons (Fsp3) is 0.474. The van der Waals surface area contributed by atoms with Crippen molar-refractivity contribution >= 4 is 21.6 Å². The average molecular weight is 497 g/mol. The van der Waals surface area contributed by atoms with E-state index < -0.39 is 63.5 Å². The zero-order valence-electron chi connectivity index (χ0n) is 17.8. The molecular formula is C19H20F5N3O5S. The number of aryl methyl sites for hydroxylation is 1. The topological polar surface area (TPSA) is 99.5 Å². The Bertz CT molecular complexity index is 1200. The van der Waals surface area contributed by atoms with Crippen molar-refractivity contribution < 1.29 is 44.6 Å². The number of aromatic nitrogens is 2. The van der Waals surface area contributed by atoms with Crippen LogP contribution in [0.4, 0.5) is 27.6 Å². The number of hydrogen-bond acceptors (Lipinski definition) is 6. The molecule has 3 rings (SSSR count). The van der Waals surface area contributed by atoms with E-state index in [1.54, 1.807) is 0 Å². The Morgan fingerprint density at radius 3 is 2.48 bits per heavy atom. The Hall–Kier alpha value is -2.74. The van der Waals surface area contributed by atoms with Gasteiger partial charge in [0.1, 0.15) is 6.10 Å². The molecule has 1 N–H and O–H groups in total. The summed E-state index contributed by atoms with van der Waals surface area (Å²) < 4.78 is 103. The summed E-state index contributed by atoms with van der Waals surface area (Å²) in [5.41, 5.74) is -2.97. The van der Waals surface area contributed by atoms with Crippen LogP contribution < -0.4 is 10.1 Å². The van der Waals surface area contributed by atoms with Crippen LogP contribution in [0.25, 0.3) is 0 Å². The Balaban J connectivity index is 2.03. The summed E-state index contributed by atoms with van der Waals surface area (Å²) in [4.78, 5) is 13.0. The molecule has 8 nitrogen and oxygen atoms in total. The largest absolute Gasteiger partial charge is 0.493 e. The lowest BCUT2D eigenvalue weighted by Gasteiger charge is -2.27. The predicted molar refractivity (Wildman–Crippen MR) is 105 cm³/mol. The lowest BCUT2D eigenvalue weighted by molar-refractivity contribution is -0.261. The number of nitrogens with zero attached hydrogens (tertiary/aromatic N) is 2. The van der Waals surface area contributed by atoms with Crippen molar-refractivity contribution in [3.05, 3.63) is 41.2 Å². The quantitative estimate of drug-likeness (QED) is 0.638. The van der Waals surface area contributed by atoms with Crippen LogP contribution in [0.15, 0.2) is 18.3 Å². The normalized spacial score (nSPS) is 23.5. The molecule has 1 aromatic heterocycles. The number of anilines is 1. The number of ether oxygens (including phenoxy) is 2. The molecule has 3 unspecified atom stereocenters. The molecular weight excluding hydrogens is 477 g/mol. The second-order valence-corrected chi connectivity index (χ2v) is 9.65. The molecule has 1 amide bonds.